The Kier molecular flexibility index (Phi) is 5.54. The van der Waals surface area contributed by atoms with Crippen molar-refractivity contribution in [2.75, 3.05) is 24.7 Å². The summed E-state index contributed by atoms with van der Waals surface area (Å²) in [6.45, 7) is 6.22. The first-order valence-corrected chi connectivity index (χ1v) is 8.02. The van der Waals surface area contributed by atoms with Gasteiger partial charge in [-0.15, -0.1) is 0 Å². The highest BCUT2D eigenvalue weighted by atomic mass is 32.2. The van der Waals surface area contributed by atoms with Gasteiger partial charge in [-0.05, 0) is 24.1 Å². The topological polar surface area (TPSA) is 21.3 Å². The molecule has 1 aromatic carbocycles. The number of thioether (sulfide) groups is 1. The number of likely N-dealkylation sites (N-methyl/N-ethyl adjacent to an activating group) is 1. The van der Waals surface area contributed by atoms with E-state index in [-0.39, 0.29) is 0 Å². The van der Waals surface area contributed by atoms with Gasteiger partial charge in [-0.1, -0.05) is 38.1 Å². The fraction of sp³-hybridized carbons (Fsp3) is 0.600. The summed E-state index contributed by atoms with van der Waals surface area (Å²) in [4.78, 5) is 0. The van der Waals surface area contributed by atoms with E-state index in [2.05, 4.69) is 43.4 Å². The van der Waals surface area contributed by atoms with E-state index >= 15 is 0 Å². The van der Waals surface area contributed by atoms with Gasteiger partial charge >= 0.3 is 0 Å². The Morgan fingerprint density at radius 2 is 2.33 bits per heavy atom. The lowest BCUT2D eigenvalue weighted by atomic mass is 9.99. The Morgan fingerprint density at radius 1 is 1.44 bits per heavy atom. The average molecular weight is 265 g/mol. The Hall–Kier alpha value is -0.510. The van der Waals surface area contributed by atoms with Crippen molar-refractivity contribution in [1.29, 1.82) is 0 Å². The fourth-order valence-electron chi connectivity index (χ4n) is 2.39. The van der Waals surface area contributed by atoms with E-state index in [4.69, 9.17) is 4.74 Å². The van der Waals surface area contributed by atoms with Gasteiger partial charge in [0, 0.05) is 11.5 Å². The standard InChI is InChI=1S/C15H23NOS/c1-3-12-6-5-7-13(10-12)15(16-4-2)14-11-18-9-8-17-14/h5-7,10,14-16H,3-4,8-9,11H2,1-2H3. The van der Waals surface area contributed by atoms with Crippen LogP contribution in [0.1, 0.15) is 31.0 Å². The van der Waals surface area contributed by atoms with Gasteiger partial charge in [0.2, 0.25) is 0 Å². The van der Waals surface area contributed by atoms with Crippen LogP contribution in [0, 0.1) is 0 Å². The van der Waals surface area contributed by atoms with Crippen LogP contribution in [-0.4, -0.2) is 30.8 Å². The zero-order chi connectivity index (χ0) is 12.8. The van der Waals surface area contributed by atoms with E-state index in [0.29, 0.717) is 12.1 Å². The maximum atomic E-state index is 5.94. The van der Waals surface area contributed by atoms with Crippen LogP contribution in [0.15, 0.2) is 24.3 Å². The Morgan fingerprint density at radius 3 is 3.00 bits per heavy atom. The van der Waals surface area contributed by atoms with E-state index in [9.17, 15) is 0 Å². The van der Waals surface area contributed by atoms with Crippen molar-refractivity contribution < 1.29 is 4.74 Å². The summed E-state index contributed by atoms with van der Waals surface area (Å²) in [7, 11) is 0. The van der Waals surface area contributed by atoms with Crippen molar-refractivity contribution in [3.63, 3.8) is 0 Å². The van der Waals surface area contributed by atoms with E-state index in [0.717, 1.165) is 31.1 Å². The van der Waals surface area contributed by atoms with Crippen LogP contribution in [0.4, 0.5) is 0 Å². The quantitative estimate of drug-likeness (QED) is 0.884. The molecule has 2 atom stereocenters. The maximum Gasteiger partial charge on any atom is 0.0860 e. The van der Waals surface area contributed by atoms with Crippen LogP contribution in [0.2, 0.25) is 0 Å². The second kappa shape index (κ2) is 7.17. The third-order valence-corrected chi connectivity index (χ3v) is 4.38. The van der Waals surface area contributed by atoms with Crippen LogP contribution in [0.5, 0.6) is 0 Å². The predicted molar refractivity (Wildman–Crippen MR) is 79.3 cm³/mol. The number of hydrogen-bond donors (Lipinski definition) is 1. The zero-order valence-electron chi connectivity index (χ0n) is 11.3. The second-order valence-electron chi connectivity index (χ2n) is 4.62. The van der Waals surface area contributed by atoms with Crippen molar-refractivity contribution in [3.8, 4) is 0 Å². The number of nitrogens with one attached hydrogen (secondary N) is 1. The first-order chi connectivity index (χ1) is 8.85. The van der Waals surface area contributed by atoms with Crippen molar-refractivity contribution in [1.82, 2.24) is 5.32 Å². The molecule has 18 heavy (non-hydrogen) atoms. The average Bonchev–Trinajstić information content (AvgIpc) is 2.46. The molecule has 0 amide bonds. The lowest BCUT2D eigenvalue weighted by Crippen LogP contribution is -2.38. The van der Waals surface area contributed by atoms with E-state index in [1.165, 1.54) is 11.1 Å². The SMILES string of the molecule is CCNC(c1cccc(CC)c1)C1CSCCO1. The maximum absolute atomic E-state index is 5.94. The molecule has 0 saturated carbocycles. The molecule has 0 aromatic heterocycles. The molecular weight excluding hydrogens is 242 g/mol. The van der Waals surface area contributed by atoms with Crippen LogP contribution >= 0.6 is 11.8 Å². The third kappa shape index (κ3) is 3.50. The zero-order valence-corrected chi connectivity index (χ0v) is 12.1. The molecule has 0 aliphatic carbocycles. The first-order valence-electron chi connectivity index (χ1n) is 6.86. The molecule has 1 N–H and O–H groups in total. The highest BCUT2D eigenvalue weighted by molar-refractivity contribution is 7.99. The molecule has 2 unspecified atom stereocenters. The largest absolute Gasteiger partial charge is 0.375 e. The molecule has 1 saturated heterocycles. The van der Waals surface area contributed by atoms with Crippen LogP contribution in [-0.2, 0) is 11.2 Å². The summed E-state index contributed by atoms with van der Waals surface area (Å²) in [6, 6.07) is 9.22. The Balaban J connectivity index is 2.16. The Labute approximate surface area is 114 Å². The first kappa shape index (κ1) is 13.9. The smallest absolute Gasteiger partial charge is 0.0860 e. The van der Waals surface area contributed by atoms with E-state index in [1.54, 1.807) is 0 Å². The molecule has 1 aliphatic heterocycles. The summed E-state index contributed by atoms with van der Waals surface area (Å²) in [5.74, 6) is 2.22. The second-order valence-corrected chi connectivity index (χ2v) is 5.77. The normalized spacial score (nSPS) is 21.8. The van der Waals surface area contributed by atoms with Gasteiger partial charge in [0.05, 0.1) is 18.8 Å². The van der Waals surface area contributed by atoms with Gasteiger partial charge in [0.1, 0.15) is 0 Å². The van der Waals surface area contributed by atoms with Gasteiger partial charge in [0.25, 0.3) is 0 Å². The molecule has 2 nitrogen and oxygen atoms in total. The highest BCUT2D eigenvalue weighted by Gasteiger charge is 2.25. The number of benzene rings is 1. The molecule has 0 spiro atoms. The third-order valence-electron chi connectivity index (χ3n) is 3.36. The van der Waals surface area contributed by atoms with Crippen LogP contribution < -0.4 is 5.32 Å². The molecule has 100 valence electrons. The van der Waals surface area contributed by atoms with Crippen LogP contribution in [0.3, 0.4) is 0 Å². The van der Waals surface area contributed by atoms with Crippen molar-refractivity contribution in [2.45, 2.75) is 32.4 Å². The molecule has 2 rings (SSSR count). The summed E-state index contributed by atoms with van der Waals surface area (Å²) in [6.07, 6.45) is 1.39. The van der Waals surface area contributed by atoms with Gasteiger partial charge in [-0.3, -0.25) is 0 Å². The van der Waals surface area contributed by atoms with Gasteiger partial charge < -0.3 is 10.1 Å². The van der Waals surface area contributed by atoms with Gasteiger partial charge in [0.15, 0.2) is 0 Å². The molecule has 3 heteroatoms. The van der Waals surface area contributed by atoms with E-state index < -0.39 is 0 Å². The van der Waals surface area contributed by atoms with Gasteiger partial charge in [-0.25, -0.2) is 0 Å². The Bertz CT molecular complexity index is 363. The predicted octanol–water partition coefficient (Wildman–Crippen LogP) is 3.03. The number of rotatable bonds is 5. The van der Waals surface area contributed by atoms with Crippen molar-refractivity contribution >= 4 is 11.8 Å². The summed E-state index contributed by atoms with van der Waals surface area (Å²) in [5.41, 5.74) is 2.77. The summed E-state index contributed by atoms with van der Waals surface area (Å²) < 4.78 is 5.94. The lowest BCUT2D eigenvalue weighted by Gasteiger charge is -2.31. The summed E-state index contributed by atoms with van der Waals surface area (Å²) in [5, 5.41) is 3.58. The minimum absolute atomic E-state index is 0.302. The van der Waals surface area contributed by atoms with Crippen molar-refractivity contribution in [3.05, 3.63) is 35.4 Å². The van der Waals surface area contributed by atoms with Gasteiger partial charge in [-0.2, -0.15) is 11.8 Å². The molecule has 0 bridgehead atoms. The molecule has 1 heterocycles. The fourth-order valence-corrected chi connectivity index (χ4v) is 3.29. The number of aryl methyl sites for hydroxylation is 1. The van der Waals surface area contributed by atoms with E-state index in [1.807, 2.05) is 11.8 Å². The lowest BCUT2D eigenvalue weighted by molar-refractivity contribution is 0.0472. The molecule has 1 fully saturated rings. The van der Waals surface area contributed by atoms with Crippen molar-refractivity contribution in [2.24, 2.45) is 0 Å². The highest BCUT2D eigenvalue weighted by Crippen LogP contribution is 2.26. The molecule has 1 aromatic rings. The minimum atomic E-state index is 0.302. The molecule has 1 aliphatic rings. The molecular formula is C15H23NOS. The summed E-state index contributed by atoms with van der Waals surface area (Å²) >= 11 is 2.00. The van der Waals surface area contributed by atoms with Crippen LogP contribution in [0.25, 0.3) is 0 Å². The number of ether oxygens (including phenoxy) is 1. The monoisotopic (exact) mass is 265 g/mol. The minimum Gasteiger partial charge on any atom is -0.375 e. The number of hydrogen-bond acceptors (Lipinski definition) is 3. The molecule has 0 radical (unpaired) electrons.